The summed E-state index contributed by atoms with van der Waals surface area (Å²) < 4.78 is 76.6. The number of ether oxygens (including phenoxy) is 1. The third-order valence-electron chi connectivity index (χ3n) is 1.86. The number of pyridine rings is 1. The summed E-state index contributed by atoms with van der Waals surface area (Å²) in [7, 11) is 0. The smallest absolute Gasteiger partial charge is 0.481 e. The van der Waals surface area contributed by atoms with Crippen molar-refractivity contribution in [3.8, 4) is 5.75 Å². The third-order valence-corrected chi connectivity index (χ3v) is 2.43. The molecule has 0 atom stereocenters. The molecule has 1 N–H and O–H groups in total. The first-order valence-corrected chi connectivity index (χ1v) is 5.43. The van der Waals surface area contributed by atoms with Crippen molar-refractivity contribution in [1.82, 2.24) is 4.98 Å². The van der Waals surface area contributed by atoms with E-state index in [0.29, 0.717) is 6.07 Å². The highest BCUT2D eigenvalue weighted by molar-refractivity contribution is 9.10. The maximum Gasteiger partial charge on any atom is 0.573 e. The Hall–Kier alpha value is -1.52. The number of aromatic nitrogens is 1. The van der Waals surface area contributed by atoms with Crippen LogP contribution in [0.5, 0.6) is 5.75 Å². The van der Waals surface area contributed by atoms with Crippen LogP contribution >= 0.6 is 15.9 Å². The van der Waals surface area contributed by atoms with Crippen LogP contribution in [-0.4, -0.2) is 22.4 Å². The van der Waals surface area contributed by atoms with E-state index in [-0.39, 0.29) is 0 Å². The molecule has 11 heteroatoms. The van der Waals surface area contributed by atoms with E-state index in [1.165, 1.54) is 0 Å². The van der Waals surface area contributed by atoms with Gasteiger partial charge in [0.05, 0.1) is 6.42 Å². The number of hydrogen-bond acceptors (Lipinski definition) is 3. The van der Waals surface area contributed by atoms with Crippen LogP contribution in [0.15, 0.2) is 10.7 Å². The molecule has 1 aromatic rings. The molecule has 0 aliphatic rings. The largest absolute Gasteiger partial charge is 0.573 e. The summed E-state index contributed by atoms with van der Waals surface area (Å²) in [5.74, 6) is -2.71. The molecule has 1 heterocycles. The second-order valence-electron chi connectivity index (χ2n) is 3.40. The Morgan fingerprint density at radius 2 is 1.85 bits per heavy atom. The van der Waals surface area contributed by atoms with Gasteiger partial charge in [-0.05, 0) is 27.6 Å². The minimum Gasteiger partial charge on any atom is -0.481 e. The molecule has 0 unspecified atom stereocenters. The summed E-state index contributed by atoms with van der Waals surface area (Å²) >= 11 is 2.41. The topological polar surface area (TPSA) is 59.4 Å². The van der Waals surface area contributed by atoms with Crippen molar-refractivity contribution in [3.05, 3.63) is 21.9 Å². The minimum atomic E-state index is -5.15. The maximum absolute atomic E-state index is 12.6. The maximum atomic E-state index is 12.6. The molecule has 0 aromatic carbocycles. The van der Waals surface area contributed by atoms with Gasteiger partial charge in [0.2, 0.25) is 0 Å². The SMILES string of the molecule is O=C(O)Cc1cc(OC(F)(F)F)c(Br)nc1C(F)(F)F. The normalized spacial score (nSPS) is 12.3. The fraction of sp³-hybridized carbons (Fsp3) is 0.333. The molecule has 112 valence electrons. The Balaban J connectivity index is 3.35. The van der Waals surface area contributed by atoms with Crippen LogP contribution in [0.25, 0.3) is 0 Å². The molecule has 20 heavy (non-hydrogen) atoms. The Labute approximate surface area is 115 Å². The molecule has 0 radical (unpaired) electrons. The monoisotopic (exact) mass is 367 g/mol. The van der Waals surface area contributed by atoms with Gasteiger partial charge in [-0.15, -0.1) is 13.2 Å². The van der Waals surface area contributed by atoms with Crippen LogP contribution in [0.3, 0.4) is 0 Å². The highest BCUT2D eigenvalue weighted by Gasteiger charge is 2.38. The van der Waals surface area contributed by atoms with E-state index >= 15 is 0 Å². The number of carbonyl (C=O) groups is 1. The average molecular weight is 368 g/mol. The zero-order valence-electron chi connectivity index (χ0n) is 9.14. The molecule has 0 spiro atoms. The Morgan fingerprint density at radius 1 is 1.30 bits per heavy atom. The van der Waals surface area contributed by atoms with Gasteiger partial charge >= 0.3 is 18.5 Å². The van der Waals surface area contributed by atoms with Crippen LogP contribution in [-0.2, 0) is 17.4 Å². The molecule has 0 saturated carbocycles. The lowest BCUT2D eigenvalue weighted by molar-refractivity contribution is -0.275. The third kappa shape index (κ3) is 4.54. The molecule has 4 nitrogen and oxygen atoms in total. The van der Waals surface area contributed by atoms with Gasteiger partial charge in [0.1, 0.15) is 10.3 Å². The predicted octanol–water partition coefficient (Wildman–Crippen LogP) is 3.39. The lowest BCUT2D eigenvalue weighted by Gasteiger charge is -2.15. The number of rotatable bonds is 3. The molecule has 0 saturated heterocycles. The Kier molecular flexibility index (Phi) is 4.52. The number of nitrogens with zero attached hydrogens (tertiary/aromatic N) is 1. The molecule has 1 rings (SSSR count). The van der Waals surface area contributed by atoms with Crippen LogP contribution in [0.1, 0.15) is 11.3 Å². The van der Waals surface area contributed by atoms with E-state index in [2.05, 4.69) is 25.7 Å². The van der Waals surface area contributed by atoms with Gasteiger partial charge in [-0.2, -0.15) is 13.2 Å². The highest BCUT2D eigenvalue weighted by Crippen LogP contribution is 2.37. The molecular formula is C9H4BrF6NO3. The van der Waals surface area contributed by atoms with Gasteiger partial charge in [0.15, 0.2) is 5.75 Å². The molecule has 0 amide bonds. The standard InChI is InChI=1S/C9H4BrF6NO3/c10-7-4(20-9(14,15)16)1-3(2-5(18)19)6(17-7)8(11,12)13/h1H,2H2,(H,18,19). The van der Waals surface area contributed by atoms with Gasteiger partial charge in [-0.3, -0.25) is 4.79 Å². The number of aliphatic carboxylic acids is 1. The van der Waals surface area contributed by atoms with E-state index in [0.717, 1.165) is 0 Å². The van der Waals surface area contributed by atoms with Crippen molar-refractivity contribution >= 4 is 21.9 Å². The number of alkyl halides is 6. The van der Waals surface area contributed by atoms with Crippen molar-refractivity contribution in [1.29, 1.82) is 0 Å². The van der Waals surface area contributed by atoms with Crippen molar-refractivity contribution in [2.24, 2.45) is 0 Å². The summed E-state index contributed by atoms with van der Waals surface area (Å²) in [5, 5.41) is 8.48. The summed E-state index contributed by atoms with van der Waals surface area (Å²) in [6, 6.07) is 0.335. The second-order valence-corrected chi connectivity index (χ2v) is 4.15. The van der Waals surface area contributed by atoms with Crippen molar-refractivity contribution in [2.75, 3.05) is 0 Å². The number of carboxylic acid groups (broad SMARTS) is 1. The van der Waals surface area contributed by atoms with Gasteiger partial charge in [-0.1, -0.05) is 0 Å². The van der Waals surface area contributed by atoms with Crippen LogP contribution in [0.4, 0.5) is 26.3 Å². The van der Waals surface area contributed by atoms with E-state index in [1.807, 2.05) is 0 Å². The van der Waals surface area contributed by atoms with Gasteiger partial charge < -0.3 is 9.84 Å². The molecular weight excluding hydrogens is 364 g/mol. The fourth-order valence-electron chi connectivity index (χ4n) is 1.25. The zero-order chi connectivity index (χ0) is 15.7. The van der Waals surface area contributed by atoms with E-state index in [9.17, 15) is 31.1 Å². The van der Waals surface area contributed by atoms with Gasteiger partial charge in [-0.25, -0.2) is 4.98 Å². The second kappa shape index (κ2) is 5.46. The summed E-state index contributed by atoms with van der Waals surface area (Å²) in [6.07, 6.45) is -11.3. The summed E-state index contributed by atoms with van der Waals surface area (Å²) in [6.45, 7) is 0. The van der Waals surface area contributed by atoms with Crippen LogP contribution in [0, 0.1) is 0 Å². The lowest BCUT2D eigenvalue weighted by atomic mass is 10.1. The molecule has 1 aromatic heterocycles. The summed E-state index contributed by atoms with van der Waals surface area (Å²) in [5.41, 5.74) is -2.53. The van der Waals surface area contributed by atoms with E-state index in [4.69, 9.17) is 5.11 Å². The molecule has 0 aliphatic heterocycles. The minimum absolute atomic E-state index is 0.335. The number of halogens is 7. The molecule has 0 aliphatic carbocycles. The predicted molar refractivity (Wildman–Crippen MR) is 55.0 cm³/mol. The highest BCUT2D eigenvalue weighted by atomic mass is 79.9. The average Bonchev–Trinajstić information content (AvgIpc) is 2.17. The Morgan fingerprint density at radius 3 is 2.25 bits per heavy atom. The van der Waals surface area contributed by atoms with Crippen LogP contribution in [0.2, 0.25) is 0 Å². The number of carboxylic acids is 1. The van der Waals surface area contributed by atoms with Gasteiger partial charge in [0.25, 0.3) is 0 Å². The van der Waals surface area contributed by atoms with Crippen LogP contribution < -0.4 is 4.74 Å². The Bertz CT molecular complexity index is 528. The van der Waals surface area contributed by atoms with E-state index in [1.54, 1.807) is 0 Å². The summed E-state index contributed by atoms with van der Waals surface area (Å²) in [4.78, 5) is 13.3. The van der Waals surface area contributed by atoms with E-state index < -0.39 is 46.5 Å². The zero-order valence-corrected chi connectivity index (χ0v) is 10.7. The molecule has 0 fully saturated rings. The first-order valence-electron chi connectivity index (χ1n) is 4.64. The lowest BCUT2D eigenvalue weighted by Crippen LogP contribution is -2.20. The van der Waals surface area contributed by atoms with Crippen molar-refractivity contribution in [2.45, 2.75) is 19.0 Å². The molecule has 0 bridgehead atoms. The first-order chi connectivity index (χ1) is 8.90. The number of hydrogen-bond donors (Lipinski definition) is 1. The van der Waals surface area contributed by atoms with Crippen molar-refractivity contribution in [3.63, 3.8) is 0 Å². The van der Waals surface area contributed by atoms with Crippen molar-refractivity contribution < 1.29 is 41.0 Å². The van der Waals surface area contributed by atoms with Gasteiger partial charge in [0, 0.05) is 0 Å². The fourth-order valence-corrected chi connectivity index (χ4v) is 1.62. The quantitative estimate of drug-likeness (QED) is 0.657. The first kappa shape index (κ1) is 16.5.